The van der Waals surface area contributed by atoms with Crippen molar-refractivity contribution in [3.8, 4) is 0 Å². The molecular weight excluding hydrogens is 250 g/mol. The maximum atomic E-state index is 5.94. The summed E-state index contributed by atoms with van der Waals surface area (Å²) in [6, 6.07) is 4.08. The van der Waals surface area contributed by atoms with E-state index in [1.807, 2.05) is 18.3 Å². The molecule has 6 heteroatoms. The number of nitrogens with zero attached hydrogens (tertiary/aromatic N) is 4. The number of rotatable bonds is 2. The largest absolute Gasteiger partial charge is 0.311 e. The molecule has 0 spiro atoms. The fraction of sp³-hybridized carbons (Fsp3) is 0.500. The number of aromatic nitrogens is 3. The van der Waals surface area contributed by atoms with E-state index in [4.69, 9.17) is 11.6 Å². The normalized spacial score (nSPS) is 21.6. The number of hydrogen-bond acceptors (Lipinski definition) is 4. The van der Waals surface area contributed by atoms with Crippen LogP contribution in [0.15, 0.2) is 18.3 Å². The van der Waals surface area contributed by atoms with Crippen LogP contribution >= 0.6 is 11.6 Å². The Labute approximate surface area is 111 Å². The van der Waals surface area contributed by atoms with Crippen LogP contribution in [0.25, 0.3) is 5.65 Å². The zero-order valence-electron chi connectivity index (χ0n) is 10.3. The molecule has 0 saturated carbocycles. The van der Waals surface area contributed by atoms with Crippen LogP contribution in [-0.4, -0.2) is 52.2 Å². The minimum atomic E-state index is 0.427. The van der Waals surface area contributed by atoms with Crippen molar-refractivity contribution in [3.63, 3.8) is 0 Å². The van der Waals surface area contributed by atoms with Crippen molar-refractivity contribution >= 4 is 17.2 Å². The first-order valence-corrected chi connectivity index (χ1v) is 6.51. The highest BCUT2D eigenvalue weighted by Gasteiger charge is 2.18. The molecule has 3 heterocycles. The van der Waals surface area contributed by atoms with Crippen LogP contribution in [0, 0.1) is 0 Å². The molecule has 1 fully saturated rings. The van der Waals surface area contributed by atoms with Crippen LogP contribution < -0.4 is 5.32 Å². The predicted octanol–water partition coefficient (Wildman–Crippen LogP) is 0.829. The van der Waals surface area contributed by atoms with Crippen LogP contribution in [0.4, 0.5) is 0 Å². The topological polar surface area (TPSA) is 45.5 Å². The van der Waals surface area contributed by atoms with Crippen molar-refractivity contribution in [2.24, 2.45) is 0 Å². The van der Waals surface area contributed by atoms with Crippen molar-refractivity contribution in [1.29, 1.82) is 0 Å². The van der Waals surface area contributed by atoms with Gasteiger partial charge in [0.2, 0.25) is 0 Å². The summed E-state index contributed by atoms with van der Waals surface area (Å²) in [5.74, 6) is 0.866. The molecule has 18 heavy (non-hydrogen) atoms. The third-order valence-corrected chi connectivity index (χ3v) is 3.47. The molecule has 5 nitrogen and oxygen atoms in total. The van der Waals surface area contributed by atoms with Gasteiger partial charge in [-0.15, -0.1) is 0 Å². The van der Waals surface area contributed by atoms with Crippen molar-refractivity contribution < 1.29 is 0 Å². The highest BCUT2D eigenvalue weighted by Crippen LogP contribution is 2.11. The molecule has 2 aromatic rings. The van der Waals surface area contributed by atoms with Crippen molar-refractivity contribution in [2.45, 2.75) is 12.5 Å². The molecule has 1 aliphatic heterocycles. The lowest BCUT2D eigenvalue weighted by molar-refractivity contribution is 0.236. The number of hydrogen-bond donors (Lipinski definition) is 1. The molecule has 96 valence electrons. The number of fused-ring (bicyclic) bond motifs is 1. The van der Waals surface area contributed by atoms with Gasteiger partial charge in [-0.25, -0.2) is 9.50 Å². The average molecular weight is 266 g/mol. The van der Waals surface area contributed by atoms with Crippen molar-refractivity contribution in [1.82, 2.24) is 24.8 Å². The van der Waals surface area contributed by atoms with Gasteiger partial charge in [0, 0.05) is 49.4 Å². The van der Waals surface area contributed by atoms with E-state index in [0.717, 1.165) is 37.5 Å². The van der Waals surface area contributed by atoms with Gasteiger partial charge in [-0.1, -0.05) is 11.6 Å². The van der Waals surface area contributed by atoms with Crippen molar-refractivity contribution in [2.75, 3.05) is 26.7 Å². The van der Waals surface area contributed by atoms with Gasteiger partial charge < -0.3 is 10.2 Å². The highest BCUT2D eigenvalue weighted by atomic mass is 35.5. The molecule has 1 saturated heterocycles. The van der Waals surface area contributed by atoms with Crippen LogP contribution in [0.5, 0.6) is 0 Å². The summed E-state index contributed by atoms with van der Waals surface area (Å²) in [5.41, 5.74) is 0.807. The molecule has 0 aliphatic carbocycles. The minimum Gasteiger partial charge on any atom is -0.311 e. The van der Waals surface area contributed by atoms with Gasteiger partial charge in [0.05, 0.1) is 0 Å². The smallest absolute Gasteiger partial charge is 0.157 e. The predicted molar refractivity (Wildman–Crippen MR) is 71.0 cm³/mol. The molecule has 0 bridgehead atoms. The minimum absolute atomic E-state index is 0.427. The SMILES string of the molecule is CN1CCNC(Cc2nc3cc(Cl)ccn3n2)C1. The Morgan fingerprint density at radius 3 is 3.28 bits per heavy atom. The van der Waals surface area contributed by atoms with Crippen LogP contribution in [0.2, 0.25) is 5.02 Å². The Bertz CT molecular complexity index is 552. The lowest BCUT2D eigenvalue weighted by atomic mass is 10.1. The summed E-state index contributed by atoms with van der Waals surface area (Å²) in [5, 5.41) is 8.65. The maximum Gasteiger partial charge on any atom is 0.157 e. The van der Waals surface area contributed by atoms with E-state index in [0.29, 0.717) is 11.1 Å². The summed E-state index contributed by atoms with van der Waals surface area (Å²) in [6.45, 7) is 3.17. The molecule has 0 amide bonds. The fourth-order valence-corrected chi connectivity index (χ4v) is 2.49. The van der Waals surface area contributed by atoms with Gasteiger partial charge in [-0.3, -0.25) is 0 Å². The zero-order chi connectivity index (χ0) is 12.5. The second-order valence-corrected chi connectivity index (χ2v) is 5.23. The average Bonchev–Trinajstić information content (AvgIpc) is 2.70. The number of piperazine rings is 1. The molecule has 2 aromatic heterocycles. The van der Waals surface area contributed by atoms with E-state index in [1.165, 1.54) is 0 Å². The van der Waals surface area contributed by atoms with Crippen LogP contribution in [0.3, 0.4) is 0 Å². The lowest BCUT2D eigenvalue weighted by Crippen LogP contribution is -2.50. The molecule has 1 aliphatic rings. The van der Waals surface area contributed by atoms with Gasteiger partial charge >= 0.3 is 0 Å². The quantitative estimate of drug-likeness (QED) is 0.874. The van der Waals surface area contributed by atoms with Crippen LogP contribution in [0.1, 0.15) is 5.82 Å². The van der Waals surface area contributed by atoms with Gasteiger partial charge in [-0.05, 0) is 13.1 Å². The number of pyridine rings is 1. The van der Waals surface area contributed by atoms with E-state index >= 15 is 0 Å². The van der Waals surface area contributed by atoms with Crippen LogP contribution in [-0.2, 0) is 6.42 Å². The Morgan fingerprint density at radius 2 is 2.44 bits per heavy atom. The Balaban J connectivity index is 1.78. The van der Waals surface area contributed by atoms with Gasteiger partial charge in [0.15, 0.2) is 11.5 Å². The second kappa shape index (κ2) is 4.84. The molecule has 3 rings (SSSR count). The third kappa shape index (κ3) is 2.48. The first-order valence-electron chi connectivity index (χ1n) is 6.13. The second-order valence-electron chi connectivity index (χ2n) is 4.79. The first kappa shape index (κ1) is 11.9. The van der Waals surface area contributed by atoms with E-state index in [9.17, 15) is 0 Å². The summed E-state index contributed by atoms with van der Waals surface area (Å²) in [7, 11) is 2.14. The molecule has 0 aromatic carbocycles. The first-order chi connectivity index (χ1) is 8.70. The zero-order valence-corrected chi connectivity index (χ0v) is 11.1. The highest BCUT2D eigenvalue weighted by molar-refractivity contribution is 6.30. The molecular formula is C12H16ClN5. The summed E-state index contributed by atoms with van der Waals surface area (Å²) in [4.78, 5) is 6.83. The number of halogens is 1. The van der Waals surface area contributed by atoms with E-state index in [2.05, 4.69) is 27.3 Å². The Morgan fingerprint density at radius 1 is 1.56 bits per heavy atom. The lowest BCUT2D eigenvalue weighted by Gasteiger charge is -2.30. The van der Waals surface area contributed by atoms with E-state index in [1.54, 1.807) is 4.52 Å². The fourth-order valence-electron chi connectivity index (χ4n) is 2.34. The number of likely N-dealkylation sites (N-methyl/N-ethyl adjacent to an activating group) is 1. The van der Waals surface area contributed by atoms with Crippen molar-refractivity contribution in [3.05, 3.63) is 29.2 Å². The standard InChI is InChI=1S/C12H16ClN5/c1-17-5-3-14-10(8-17)7-11-15-12-6-9(13)2-4-18(12)16-11/h2,4,6,10,14H,3,5,7-8H2,1H3. The Kier molecular flexibility index (Phi) is 3.20. The van der Waals surface area contributed by atoms with Gasteiger partial charge in [0.25, 0.3) is 0 Å². The van der Waals surface area contributed by atoms with Gasteiger partial charge in [0.1, 0.15) is 0 Å². The number of nitrogens with one attached hydrogen (secondary N) is 1. The summed E-state index contributed by atoms with van der Waals surface area (Å²) < 4.78 is 1.77. The molecule has 0 radical (unpaired) electrons. The summed E-state index contributed by atoms with van der Waals surface area (Å²) >= 11 is 5.94. The van der Waals surface area contributed by atoms with E-state index in [-0.39, 0.29) is 0 Å². The summed E-state index contributed by atoms with van der Waals surface area (Å²) in [6.07, 6.45) is 2.69. The molecule has 1 atom stereocenters. The molecule has 1 unspecified atom stereocenters. The molecule has 1 N–H and O–H groups in total. The monoisotopic (exact) mass is 265 g/mol. The van der Waals surface area contributed by atoms with Gasteiger partial charge in [-0.2, -0.15) is 5.10 Å². The Hall–Kier alpha value is -1.17. The van der Waals surface area contributed by atoms with E-state index < -0.39 is 0 Å². The maximum absolute atomic E-state index is 5.94. The third-order valence-electron chi connectivity index (χ3n) is 3.23.